The van der Waals surface area contributed by atoms with Gasteiger partial charge in [-0.2, -0.15) is 0 Å². The molecule has 1 aromatic carbocycles. The lowest BCUT2D eigenvalue weighted by Crippen LogP contribution is -2.55. The van der Waals surface area contributed by atoms with Crippen LogP contribution >= 0.6 is 11.8 Å². The molecule has 8 heteroatoms. The van der Waals surface area contributed by atoms with Gasteiger partial charge in [0, 0.05) is 51.5 Å². The Morgan fingerprint density at radius 3 is 2.53 bits per heavy atom. The van der Waals surface area contributed by atoms with Crippen LogP contribution in [-0.2, 0) is 16.0 Å². The second-order valence-electron chi connectivity index (χ2n) is 9.10. The predicted molar refractivity (Wildman–Crippen MR) is 117 cm³/mol. The molecule has 0 bridgehead atoms. The van der Waals surface area contributed by atoms with Gasteiger partial charge in [0.05, 0.1) is 5.37 Å². The zero-order valence-corrected chi connectivity index (χ0v) is 18.5. The minimum atomic E-state index is -1.12. The Morgan fingerprint density at radius 1 is 1.13 bits per heavy atom. The standard InChI is InChI=1S/C22H30N4O3S/c1-14-18(20(27)25-9-11-26(12-10-25)21(28)22(29)6-7-22)30-19(23-14)16-3-4-17-15(13-16)5-8-24(17)2/h3-4,13-14,18-19,23,29H,5-12H2,1-2H3. The fourth-order valence-corrected chi connectivity index (χ4v) is 6.23. The third-order valence-electron chi connectivity index (χ3n) is 6.93. The number of carbonyl (C=O) groups is 2. The number of likely N-dealkylation sites (N-methyl/N-ethyl adjacent to an activating group) is 1. The molecular weight excluding hydrogens is 400 g/mol. The highest BCUT2D eigenvalue weighted by atomic mass is 32.2. The van der Waals surface area contributed by atoms with Crippen molar-refractivity contribution in [1.82, 2.24) is 15.1 Å². The molecule has 30 heavy (non-hydrogen) atoms. The fourth-order valence-electron chi connectivity index (χ4n) is 4.76. The van der Waals surface area contributed by atoms with E-state index in [1.54, 1.807) is 16.7 Å². The summed E-state index contributed by atoms with van der Waals surface area (Å²) in [6.07, 6.45) is 2.20. The number of amides is 2. The summed E-state index contributed by atoms with van der Waals surface area (Å²) in [4.78, 5) is 31.4. The van der Waals surface area contributed by atoms with E-state index >= 15 is 0 Å². The Morgan fingerprint density at radius 2 is 1.83 bits per heavy atom. The lowest BCUT2D eigenvalue weighted by molar-refractivity contribution is -0.147. The lowest BCUT2D eigenvalue weighted by atomic mass is 10.1. The van der Waals surface area contributed by atoms with Crippen molar-refractivity contribution in [1.29, 1.82) is 0 Å². The smallest absolute Gasteiger partial charge is 0.254 e. The van der Waals surface area contributed by atoms with Gasteiger partial charge in [-0.15, -0.1) is 11.8 Å². The number of benzene rings is 1. The van der Waals surface area contributed by atoms with Gasteiger partial charge in [0.2, 0.25) is 5.91 Å². The van der Waals surface area contributed by atoms with Gasteiger partial charge < -0.3 is 19.8 Å². The number of thioether (sulfide) groups is 1. The van der Waals surface area contributed by atoms with Crippen LogP contribution in [0.25, 0.3) is 0 Å². The van der Waals surface area contributed by atoms with Crippen LogP contribution in [0.5, 0.6) is 0 Å². The van der Waals surface area contributed by atoms with E-state index < -0.39 is 5.60 Å². The van der Waals surface area contributed by atoms with Crippen molar-refractivity contribution in [3.8, 4) is 0 Å². The number of rotatable bonds is 3. The van der Waals surface area contributed by atoms with Crippen molar-refractivity contribution in [3.05, 3.63) is 29.3 Å². The molecule has 3 aliphatic heterocycles. The van der Waals surface area contributed by atoms with E-state index in [0.29, 0.717) is 39.0 Å². The molecule has 4 aliphatic rings. The molecule has 162 valence electrons. The Balaban J connectivity index is 1.20. The molecule has 5 rings (SSSR count). The van der Waals surface area contributed by atoms with Crippen molar-refractivity contribution in [2.45, 2.75) is 48.5 Å². The van der Waals surface area contributed by atoms with Crippen LogP contribution in [0.1, 0.15) is 36.3 Å². The molecular formula is C22H30N4O3S. The number of hydrogen-bond donors (Lipinski definition) is 2. The normalized spacial score (nSPS) is 29.8. The molecule has 1 saturated carbocycles. The Labute approximate surface area is 181 Å². The Hall–Kier alpha value is -1.77. The summed E-state index contributed by atoms with van der Waals surface area (Å²) in [5.74, 6) is -0.0113. The number of hydrogen-bond acceptors (Lipinski definition) is 6. The van der Waals surface area contributed by atoms with Crippen LogP contribution in [0.4, 0.5) is 5.69 Å². The molecule has 0 radical (unpaired) electrons. The van der Waals surface area contributed by atoms with Gasteiger partial charge in [-0.25, -0.2) is 0 Å². The van der Waals surface area contributed by atoms with E-state index in [9.17, 15) is 14.7 Å². The highest BCUT2D eigenvalue weighted by molar-refractivity contribution is 8.01. The second-order valence-corrected chi connectivity index (χ2v) is 10.4. The second kappa shape index (κ2) is 7.43. The summed E-state index contributed by atoms with van der Waals surface area (Å²) in [6.45, 7) is 5.24. The Kier molecular flexibility index (Phi) is 4.99. The molecule has 7 nitrogen and oxygen atoms in total. The zero-order valence-electron chi connectivity index (χ0n) is 17.6. The summed E-state index contributed by atoms with van der Waals surface area (Å²) in [7, 11) is 2.13. The van der Waals surface area contributed by atoms with Crippen molar-refractivity contribution < 1.29 is 14.7 Å². The molecule has 2 N–H and O–H groups in total. The first-order valence-electron chi connectivity index (χ1n) is 10.9. The molecule has 1 aromatic rings. The van der Waals surface area contributed by atoms with E-state index in [2.05, 4.69) is 42.4 Å². The van der Waals surface area contributed by atoms with Gasteiger partial charge in [0.1, 0.15) is 10.9 Å². The molecule has 3 fully saturated rings. The first kappa shape index (κ1) is 20.2. The number of carbonyl (C=O) groups excluding carboxylic acids is 2. The van der Waals surface area contributed by atoms with Crippen LogP contribution in [0.3, 0.4) is 0 Å². The maximum absolute atomic E-state index is 13.2. The molecule has 3 unspecified atom stereocenters. The summed E-state index contributed by atoms with van der Waals surface area (Å²) < 4.78 is 0. The largest absolute Gasteiger partial charge is 0.380 e. The minimum absolute atomic E-state index is 0.0928. The number of aliphatic hydroxyl groups is 1. The van der Waals surface area contributed by atoms with Crippen LogP contribution in [0, 0.1) is 0 Å². The van der Waals surface area contributed by atoms with E-state index in [0.717, 1.165) is 13.0 Å². The monoisotopic (exact) mass is 430 g/mol. The molecule has 2 amide bonds. The van der Waals surface area contributed by atoms with E-state index in [1.807, 2.05) is 4.90 Å². The van der Waals surface area contributed by atoms with Gasteiger partial charge in [-0.1, -0.05) is 12.1 Å². The number of nitrogens with zero attached hydrogens (tertiary/aromatic N) is 3. The van der Waals surface area contributed by atoms with E-state index in [-0.39, 0.29) is 28.5 Å². The topological polar surface area (TPSA) is 76.1 Å². The van der Waals surface area contributed by atoms with Gasteiger partial charge in [-0.05, 0) is 43.4 Å². The molecule has 0 spiro atoms. The van der Waals surface area contributed by atoms with Crippen molar-refractivity contribution >= 4 is 29.3 Å². The van der Waals surface area contributed by atoms with E-state index in [1.165, 1.54) is 16.8 Å². The highest BCUT2D eigenvalue weighted by Crippen LogP contribution is 2.41. The first-order chi connectivity index (χ1) is 14.4. The zero-order chi connectivity index (χ0) is 21.0. The predicted octanol–water partition coefficient (Wildman–Crippen LogP) is 0.967. The number of piperazine rings is 1. The van der Waals surface area contributed by atoms with Crippen LogP contribution in [-0.4, -0.2) is 83.4 Å². The molecule has 0 aromatic heterocycles. The average Bonchev–Trinajstić information content (AvgIpc) is 3.23. The minimum Gasteiger partial charge on any atom is -0.380 e. The number of nitrogens with one attached hydrogen (secondary N) is 1. The lowest BCUT2D eigenvalue weighted by Gasteiger charge is -2.37. The number of fused-ring (bicyclic) bond motifs is 1. The first-order valence-corrected chi connectivity index (χ1v) is 11.9. The van der Waals surface area contributed by atoms with Gasteiger partial charge in [0.15, 0.2) is 0 Å². The summed E-state index contributed by atoms with van der Waals surface area (Å²) in [5.41, 5.74) is 2.82. The van der Waals surface area contributed by atoms with Crippen LogP contribution in [0.15, 0.2) is 18.2 Å². The average molecular weight is 431 g/mol. The van der Waals surface area contributed by atoms with Gasteiger partial charge in [0.25, 0.3) is 5.91 Å². The van der Waals surface area contributed by atoms with Crippen LogP contribution in [0.2, 0.25) is 0 Å². The van der Waals surface area contributed by atoms with Crippen molar-refractivity contribution in [2.24, 2.45) is 0 Å². The molecule has 3 heterocycles. The summed E-state index contributed by atoms with van der Waals surface area (Å²) in [5, 5.41) is 13.7. The van der Waals surface area contributed by atoms with Crippen molar-refractivity contribution in [3.63, 3.8) is 0 Å². The maximum Gasteiger partial charge on any atom is 0.254 e. The number of anilines is 1. The Bertz CT molecular complexity index is 866. The highest BCUT2D eigenvalue weighted by Gasteiger charge is 2.50. The van der Waals surface area contributed by atoms with Gasteiger partial charge >= 0.3 is 0 Å². The van der Waals surface area contributed by atoms with E-state index in [4.69, 9.17) is 0 Å². The van der Waals surface area contributed by atoms with Crippen LogP contribution < -0.4 is 10.2 Å². The molecule has 3 atom stereocenters. The third-order valence-corrected chi connectivity index (χ3v) is 8.51. The quantitative estimate of drug-likeness (QED) is 0.744. The maximum atomic E-state index is 13.2. The van der Waals surface area contributed by atoms with Crippen molar-refractivity contribution in [2.75, 3.05) is 44.7 Å². The molecule has 2 saturated heterocycles. The third kappa shape index (κ3) is 3.48. The fraction of sp³-hybridized carbons (Fsp3) is 0.636. The summed E-state index contributed by atoms with van der Waals surface area (Å²) >= 11 is 1.70. The molecule has 1 aliphatic carbocycles. The summed E-state index contributed by atoms with van der Waals surface area (Å²) in [6, 6.07) is 6.76. The SMILES string of the molecule is CC1NC(c2ccc3c(c2)CCN3C)SC1C(=O)N1CCN(C(=O)C2(O)CC2)CC1. The van der Waals surface area contributed by atoms with Gasteiger partial charge in [-0.3, -0.25) is 14.9 Å².